The van der Waals surface area contributed by atoms with Gasteiger partial charge in [-0.25, -0.2) is 0 Å². The van der Waals surface area contributed by atoms with Crippen LogP contribution in [0.4, 0.5) is 0 Å². The Kier molecular flexibility index (Phi) is 7.42. The molecule has 1 heterocycles. The van der Waals surface area contributed by atoms with E-state index in [9.17, 15) is 4.79 Å². The molecule has 1 aromatic heterocycles. The van der Waals surface area contributed by atoms with Crippen molar-refractivity contribution in [3.63, 3.8) is 0 Å². The number of thioether (sulfide) groups is 1. The Bertz CT molecular complexity index is 1220. The first-order valence-corrected chi connectivity index (χ1v) is 11.7. The molecule has 4 aromatic rings. The minimum atomic E-state index is -0.0617. The highest BCUT2D eigenvalue weighted by molar-refractivity contribution is 7.99. The summed E-state index contributed by atoms with van der Waals surface area (Å²) in [6.07, 6.45) is 1.67. The van der Waals surface area contributed by atoms with Gasteiger partial charge >= 0.3 is 0 Å². The first kappa shape index (κ1) is 22.6. The molecule has 0 fully saturated rings. The van der Waals surface area contributed by atoms with E-state index in [1.54, 1.807) is 6.33 Å². The lowest BCUT2D eigenvalue weighted by Crippen LogP contribution is -2.25. The van der Waals surface area contributed by atoms with Gasteiger partial charge in [-0.15, -0.1) is 10.2 Å². The largest absolute Gasteiger partial charge is 0.489 e. The van der Waals surface area contributed by atoms with Crippen LogP contribution in [0.15, 0.2) is 84.3 Å². The van der Waals surface area contributed by atoms with Crippen molar-refractivity contribution in [3.05, 3.63) is 101 Å². The molecule has 0 atom stereocenters. The lowest BCUT2D eigenvalue weighted by Gasteiger charge is -2.12. The van der Waals surface area contributed by atoms with Crippen LogP contribution >= 0.6 is 11.8 Å². The van der Waals surface area contributed by atoms with Gasteiger partial charge in [-0.3, -0.25) is 9.36 Å². The van der Waals surface area contributed by atoms with Gasteiger partial charge in [0.1, 0.15) is 18.7 Å². The zero-order valence-electron chi connectivity index (χ0n) is 18.7. The molecule has 0 spiro atoms. The topological polar surface area (TPSA) is 69.0 Å². The number of para-hydroxylation sites is 1. The summed E-state index contributed by atoms with van der Waals surface area (Å²) in [5.41, 5.74) is 5.49. The second kappa shape index (κ2) is 10.8. The van der Waals surface area contributed by atoms with Crippen LogP contribution in [0.1, 0.15) is 22.3 Å². The summed E-state index contributed by atoms with van der Waals surface area (Å²) in [6.45, 7) is 5.05. The zero-order chi connectivity index (χ0) is 23.0. The second-order valence-electron chi connectivity index (χ2n) is 7.69. The Morgan fingerprint density at radius 1 is 0.970 bits per heavy atom. The third kappa shape index (κ3) is 6.02. The molecule has 0 unspecified atom stereocenters. The Hall–Kier alpha value is -3.58. The Morgan fingerprint density at radius 2 is 1.73 bits per heavy atom. The van der Waals surface area contributed by atoms with Gasteiger partial charge in [0.25, 0.3) is 0 Å². The average Bonchev–Trinajstić information content (AvgIpc) is 3.31. The number of carbonyl (C=O) groups is 1. The maximum Gasteiger partial charge on any atom is 0.230 e. The number of nitrogens with one attached hydrogen (secondary N) is 1. The van der Waals surface area contributed by atoms with Crippen molar-refractivity contribution in [2.75, 3.05) is 5.75 Å². The van der Waals surface area contributed by atoms with E-state index in [4.69, 9.17) is 4.74 Å². The third-order valence-electron chi connectivity index (χ3n) is 5.35. The minimum Gasteiger partial charge on any atom is -0.489 e. The Balaban J connectivity index is 1.32. The summed E-state index contributed by atoms with van der Waals surface area (Å²) in [4.78, 5) is 12.5. The van der Waals surface area contributed by atoms with Gasteiger partial charge in [-0.1, -0.05) is 60.3 Å². The van der Waals surface area contributed by atoms with E-state index in [2.05, 4.69) is 41.5 Å². The van der Waals surface area contributed by atoms with E-state index >= 15 is 0 Å². The van der Waals surface area contributed by atoms with Crippen LogP contribution in [0.2, 0.25) is 0 Å². The number of aromatic nitrogens is 3. The van der Waals surface area contributed by atoms with Crippen LogP contribution in [0.25, 0.3) is 5.69 Å². The van der Waals surface area contributed by atoms with Crippen LogP contribution in [-0.4, -0.2) is 26.4 Å². The van der Waals surface area contributed by atoms with Gasteiger partial charge in [0.15, 0.2) is 5.16 Å². The zero-order valence-corrected chi connectivity index (χ0v) is 19.5. The van der Waals surface area contributed by atoms with Gasteiger partial charge in [-0.05, 0) is 60.4 Å². The molecule has 7 heteroatoms. The summed E-state index contributed by atoms with van der Waals surface area (Å²) in [5.74, 6) is 1.01. The maximum absolute atomic E-state index is 12.5. The molecule has 4 rings (SSSR count). The monoisotopic (exact) mass is 458 g/mol. The van der Waals surface area contributed by atoms with E-state index < -0.39 is 0 Å². The van der Waals surface area contributed by atoms with Crippen LogP contribution in [0.5, 0.6) is 5.75 Å². The lowest BCUT2D eigenvalue weighted by molar-refractivity contribution is -0.118. The molecule has 1 N–H and O–H groups in total. The number of hydrogen-bond donors (Lipinski definition) is 1. The fourth-order valence-corrected chi connectivity index (χ4v) is 4.06. The molecule has 0 aliphatic heterocycles. The highest BCUT2D eigenvalue weighted by atomic mass is 32.2. The molecule has 0 aliphatic rings. The standard InChI is InChI=1S/C26H26N4O2S/c1-19-12-13-23(14-20(19)2)30-18-28-29-26(30)33-17-25(31)27-15-21-8-6-7-9-22(21)16-32-24-10-4-3-5-11-24/h3-14,18H,15-17H2,1-2H3,(H,27,31). The molecule has 6 nitrogen and oxygen atoms in total. The molecule has 3 aromatic carbocycles. The quantitative estimate of drug-likeness (QED) is 0.362. The first-order chi connectivity index (χ1) is 16.1. The number of nitrogens with zero attached hydrogens (tertiary/aromatic N) is 3. The van der Waals surface area contributed by atoms with Crippen molar-refractivity contribution in [1.82, 2.24) is 20.1 Å². The van der Waals surface area contributed by atoms with Gasteiger partial charge < -0.3 is 10.1 Å². The smallest absolute Gasteiger partial charge is 0.230 e. The van der Waals surface area contributed by atoms with E-state index in [0.29, 0.717) is 18.3 Å². The summed E-state index contributed by atoms with van der Waals surface area (Å²) in [6, 6.07) is 23.9. The predicted octanol–water partition coefficient (Wildman–Crippen LogP) is 4.87. The Labute approximate surface area is 198 Å². The molecular weight excluding hydrogens is 432 g/mol. The van der Waals surface area contributed by atoms with E-state index in [1.165, 1.54) is 22.9 Å². The molecule has 1 amide bonds. The Morgan fingerprint density at radius 3 is 2.52 bits per heavy atom. The second-order valence-corrected chi connectivity index (χ2v) is 8.63. The molecule has 168 valence electrons. The fourth-order valence-electron chi connectivity index (χ4n) is 3.30. The SMILES string of the molecule is Cc1ccc(-n2cnnc2SCC(=O)NCc2ccccc2COc2ccccc2)cc1C. The molecule has 0 aliphatic carbocycles. The number of amides is 1. The van der Waals surface area contributed by atoms with Gasteiger partial charge in [-0.2, -0.15) is 0 Å². The van der Waals surface area contributed by atoms with Crippen LogP contribution in [0, 0.1) is 13.8 Å². The maximum atomic E-state index is 12.5. The summed E-state index contributed by atoms with van der Waals surface area (Å²) in [5, 5.41) is 11.9. The predicted molar refractivity (Wildman–Crippen MR) is 131 cm³/mol. The number of rotatable bonds is 9. The van der Waals surface area contributed by atoms with Crippen molar-refractivity contribution in [3.8, 4) is 11.4 Å². The van der Waals surface area contributed by atoms with Crippen molar-refractivity contribution in [2.24, 2.45) is 0 Å². The fraction of sp³-hybridized carbons (Fsp3) is 0.192. The summed E-state index contributed by atoms with van der Waals surface area (Å²) in [7, 11) is 0. The number of aryl methyl sites for hydroxylation is 2. The lowest BCUT2D eigenvalue weighted by atomic mass is 10.1. The highest BCUT2D eigenvalue weighted by Gasteiger charge is 2.11. The summed E-state index contributed by atoms with van der Waals surface area (Å²) >= 11 is 1.37. The highest BCUT2D eigenvalue weighted by Crippen LogP contribution is 2.21. The number of ether oxygens (including phenoxy) is 1. The average molecular weight is 459 g/mol. The number of benzene rings is 3. The molecule has 33 heavy (non-hydrogen) atoms. The van der Waals surface area contributed by atoms with E-state index in [1.807, 2.05) is 65.2 Å². The first-order valence-electron chi connectivity index (χ1n) is 10.7. The van der Waals surface area contributed by atoms with E-state index in [-0.39, 0.29) is 11.7 Å². The van der Waals surface area contributed by atoms with Crippen LogP contribution in [-0.2, 0) is 17.9 Å². The van der Waals surface area contributed by atoms with E-state index in [0.717, 1.165) is 22.6 Å². The van der Waals surface area contributed by atoms with Gasteiger partial charge in [0.05, 0.1) is 5.75 Å². The van der Waals surface area contributed by atoms with Gasteiger partial charge in [0.2, 0.25) is 5.91 Å². The molecule has 0 saturated carbocycles. The van der Waals surface area contributed by atoms with Gasteiger partial charge in [0, 0.05) is 12.2 Å². The molecule has 0 radical (unpaired) electrons. The van der Waals surface area contributed by atoms with Crippen LogP contribution in [0.3, 0.4) is 0 Å². The summed E-state index contributed by atoms with van der Waals surface area (Å²) < 4.78 is 7.78. The molecule has 0 bridgehead atoms. The van der Waals surface area contributed by atoms with Crippen molar-refractivity contribution < 1.29 is 9.53 Å². The minimum absolute atomic E-state index is 0.0617. The number of carbonyl (C=O) groups excluding carboxylic acids is 1. The van der Waals surface area contributed by atoms with Crippen molar-refractivity contribution in [2.45, 2.75) is 32.2 Å². The van der Waals surface area contributed by atoms with Crippen molar-refractivity contribution in [1.29, 1.82) is 0 Å². The van der Waals surface area contributed by atoms with Crippen molar-refractivity contribution >= 4 is 17.7 Å². The normalized spacial score (nSPS) is 10.7. The third-order valence-corrected chi connectivity index (χ3v) is 6.29. The van der Waals surface area contributed by atoms with Crippen LogP contribution < -0.4 is 10.1 Å². The molecular formula is C26H26N4O2S. The molecule has 0 saturated heterocycles. The number of hydrogen-bond acceptors (Lipinski definition) is 5.